The molecule has 7 nitrogen and oxygen atoms in total. The third-order valence-electron chi connectivity index (χ3n) is 3.08. The summed E-state index contributed by atoms with van der Waals surface area (Å²) in [5.41, 5.74) is 5.65. The molecule has 2 atom stereocenters. The molecule has 21 heavy (non-hydrogen) atoms. The van der Waals surface area contributed by atoms with Crippen molar-refractivity contribution in [2.45, 2.75) is 18.6 Å². The molecule has 0 aliphatic carbocycles. The number of anilines is 1. The van der Waals surface area contributed by atoms with Crippen LogP contribution >= 0.6 is 0 Å². The minimum absolute atomic E-state index is 0.347. The van der Waals surface area contributed by atoms with Crippen LogP contribution in [-0.2, 0) is 14.4 Å². The van der Waals surface area contributed by atoms with Gasteiger partial charge < -0.3 is 15.9 Å². The SMILES string of the molecule is NC(=O)CC(O)C(O)c1ccc(N2C(=O)C=CC2=O)cc1. The van der Waals surface area contributed by atoms with Crippen LogP contribution in [0.25, 0.3) is 0 Å². The summed E-state index contributed by atoms with van der Waals surface area (Å²) >= 11 is 0. The number of carbonyl (C=O) groups is 3. The molecule has 1 aromatic carbocycles. The molecular formula is C14H14N2O5. The van der Waals surface area contributed by atoms with Gasteiger partial charge in [0.2, 0.25) is 5.91 Å². The van der Waals surface area contributed by atoms with Crippen molar-refractivity contribution in [1.82, 2.24) is 0 Å². The summed E-state index contributed by atoms with van der Waals surface area (Å²) in [6.07, 6.45) is -0.626. The molecule has 110 valence electrons. The van der Waals surface area contributed by atoms with Crippen molar-refractivity contribution in [2.75, 3.05) is 4.90 Å². The molecule has 1 aromatic rings. The average Bonchev–Trinajstić information content (AvgIpc) is 2.77. The minimum atomic E-state index is -1.31. The molecule has 1 aliphatic rings. The molecule has 0 aromatic heterocycles. The number of carbonyl (C=O) groups excluding carboxylic acids is 3. The monoisotopic (exact) mass is 290 g/mol. The summed E-state index contributed by atoms with van der Waals surface area (Å²) in [6, 6.07) is 5.86. The van der Waals surface area contributed by atoms with Gasteiger partial charge in [-0.15, -0.1) is 0 Å². The summed E-state index contributed by atoms with van der Waals surface area (Å²) in [5.74, 6) is -1.61. The lowest BCUT2D eigenvalue weighted by atomic mass is 10.0. The van der Waals surface area contributed by atoms with E-state index in [0.717, 1.165) is 4.90 Å². The lowest BCUT2D eigenvalue weighted by Gasteiger charge is -2.18. The molecule has 0 saturated heterocycles. The summed E-state index contributed by atoms with van der Waals surface area (Å²) in [6.45, 7) is 0. The van der Waals surface area contributed by atoms with Crippen LogP contribution in [0.1, 0.15) is 18.1 Å². The van der Waals surface area contributed by atoms with E-state index in [9.17, 15) is 24.6 Å². The van der Waals surface area contributed by atoms with Crippen LogP contribution in [0.4, 0.5) is 5.69 Å². The van der Waals surface area contributed by atoms with Gasteiger partial charge in [-0.05, 0) is 17.7 Å². The second kappa shape index (κ2) is 5.86. The van der Waals surface area contributed by atoms with E-state index >= 15 is 0 Å². The van der Waals surface area contributed by atoms with Gasteiger partial charge in [-0.25, -0.2) is 4.90 Å². The number of primary amides is 1. The van der Waals surface area contributed by atoms with E-state index in [0.29, 0.717) is 11.3 Å². The van der Waals surface area contributed by atoms with Crippen LogP contribution in [-0.4, -0.2) is 34.0 Å². The number of benzene rings is 1. The number of aliphatic hydroxyl groups is 2. The first-order chi connectivity index (χ1) is 9.90. The van der Waals surface area contributed by atoms with E-state index in [1.54, 1.807) is 0 Å². The van der Waals surface area contributed by atoms with Gasteiger partial charge >= 0.3 is 0 Å². The maximum atomic E-state index is 11.5. The molecule has 0 bridgehead atoms. The number of hydrogen-bond acceptors (Lipinski definition) is 5. The number of imide groups is 1. The van der Waals surface area contributed by atoms with Gasteiger partial charge in [-0.1, -0.05) is 12.1 Å². The Morgan fingerprint density at radius 2 is 1.62 bits per heavy atom. The first-order valence-corrected chi connectivity index (χ1v) is 6.20. The van der Waals surface area contributed by atoms with Crippen molar-refractivity contribution in [3.63, 3.8) is 0 Å². The van der Waals surface area contributed by atoms with Gasteiger partial charge in [0.25, 0.3) is 11.8 Å². The second-order valence-corrected chi connectivity index (χ2v) is 4.62. The maximum Gasteiger partial charge on any atom is 0.258 e. The highest BCUT2D eigenvalue weighted by molar-refractivity contribution is 6.28. The molecular weight excluding hydrogens is 276 g/mol. The molecule has 2 rings (SSSR count). The highest BCUT2D eigenvalue weighted by Crippen LogP contribution is 2.24. The van der Waals surface area contributed by atoms with Crippen LogP contribution in [0.2, 0.25) is 0 Å². The van der Waals surface area contributed by atoms with Crippen molar-refractivity contribution >= 4 is 23.4 Å². The van der Waals surface area contributed by atoms with Gasteiger partial charge in [0.1, 0.15) is 6.10 Å². The zero-order valence-electron chi connectivity index (χ0n) is 11.0. The lowest BCUT2D eigenvalue weighted by molar-refractivity contribution is -0.122. The number of nitrogens with zero attached hydrogens (tertiary/aromatic N) is 1. The zero-order valence-corrected chi connectivity index (χ0v) is 11.0. The Morgan fingerprint density at radius 3 is 2.10 bits per heavy atom. The van der Waals surface area contributed by atoms with Gasteiger partial charge in [-0.2, -0.15) is 0 Å². The molecule has 0 radical (unpaired) electrons. The van der Waals surface area contributed by atoms with Gasteiger partial charge in [0, 0.05) is 12.2 Å². The Kier molecular flexibility index (Phi) is 4.15. The topological polar surface area (TPSA) is 121 Å². The summed E-state index contributed by atoms with van der Waals surface area (Å²) in [4.78, 5) is 34.7. The largest absolute Gasteiger partial charge is 0.390 e. The molecule has 3 amide bonds. The minimum Gasteiger partial charge on any atom is -0.390 e. The molecule has 1 aliphatic heterocycles. The Bertz CT molecular complexity index is 590. The fraction of sp³-hybridized carbons (Fsp3) is 0.214. The first kappa shape index (κ1) is 14.9. The van der Waals surface area contributed by atoms with Crippen LogP contribution < -0.4 is 10.6 Å². The molecule has 7 heteroatoms. The summed E-state index contributed by atoms with van der Waals surface area (Å²) in [7, 11) is 0. The van der Waals surface area contributed by atoms with Crippen molar-refractivity contribution in [3.8, 4) is 0 Å². The molecule has 1 heterocycles. The smallest absolute Gasteiger partial charge is 0.258 e. The predicted molar refractivity (Wildman–Crippen MR) is 72.9 cm³/mol. The summed E-state index contributed by atoms with van der Waals surface area (Å²) in [5, 5.41) is 19.5. The number of rotatable bonds is 5. The Balaban J connectivity index is 2.14. The van der Waals surface area contributed by atoms with E-state index < -0.39 is 29.9 Å². The molecule has 0 spiro atoms. The Morgan fingerprint density at radius 1 is 1.10 bits per heavy atom. The highest BCUT2D eigenvalue weighted by Gasteiger charge is 2.26. The number of nitrogens with two attached hydrogens (primary N) is 1. The van der Waals surface area contributed by atoms with E-state index in [2.05, 4.69) is 0 Å². The predicted octanol–water partition coefficient (Wildman–Crippen LogP) is -0.614. The zero-order chi connectivity index (χ0) is 15.6. The third-order valence-corrected chi connectivity index (χ3v) is 3.08. The maximum absolute atomic E-state index is 11.5. The normalized spacial score (nSPS) is 17.1. The fourth-order valence-electron chi connectivity index (χ4n) is 2.02. The van der Waals surface area contributed by atoms with E-state index in [4.69, 9.17) is 5.73 Å². The first-order valence-electron chi connectivity index (χ1n) is 6.20. The van der Waals surface area contributed by atoms with Crippen molar-refractivity contribution in [1.29, 1.82) is 0 Å². The third kappa shape index (κ3) is 3.15. The van der Waals surface area contributed by atoms with Crippen LogP contribution in [0, 0.1) is 0 Å². The van der Waals surface area contributed by atoms with E-state index in [1.165, 1.54) is 36.4 Å². The number of amides is 3. The van der Waals surface area contributed by atoms with Crippen LogP contribution in [0.5, 0.6) is 0 Å². The molecule has 0 fully saturated rings. The van der Waals surface area contributed by atoms with Crippen molar-refractivity contribution in [2.24, 2.45) is 5.73 Å². The van der Waals surface area contributed by atoms with Gasteiger partial charge in [-0.3, -0.25) is 14.4 Å². The van der Waals surface area contributed by atoms with Crippen molar-refractivity contribution in [3.05, 3.63) is 42.0 Å². The quantitative estimate of drug-likeness (QED) is 0.624. The average molecular weight is 290 g/mol. The molecule has 4 N–H and O–H groups in total. The van der Waals surface area contributed by atoms with E-state index in [-0.39, 0.29) is 6.42 Å². The van der Waals surface area contributed by atoms with Gasteiger partial charge in [0.05, 0.1) is 18.2 Å². The van der Waals surface area contributed by atoms with Crippen LogP contribution in [0.3, 0.4) is 0 Å². The Labute approximate surface area is 120 Å². The number of hydrogen-bond donors (Lipinski definition) is 3. The molecule has 0 saturated carbocycles. The summed E-state index contributed by atoms with van der Waals surface area (Å²) < 4.78 is 0. The van der Waals surface area contributed by atoms with Crippen molar-refractivity contribution < 1.29 is 24.6 Å². The number of aliphatic hydroxyl groups excluding tert-OH is 2. The van der Waals surface area contributed by atoms with E-state index in [1.807, 2.05) is 0 Å². The fourth-order valence-corrected chi connectivity index (χ4v) is 2.02. The molecule has 2 unspecified atom stereocenters. The van der Waals surface area contributed by atoms with Crippen LogP contribution in [0.15, 0.2) is 36.4 Å². The highest BCUT2D eigenvalue weighted by atomic mass is 16.3. The van der Waals surface area contributed by atoms with Gasteiger partial charge in [0.15, 0.2) is 0 Å². The standard InChI is InChI=1S/C14H14N2O5/c15-11(18)7-10(17)14(21)8-1-3-9(4-2-8)16-12(19)5-6-13(16)20/h1-6,10,14,17,21H,7H2,(H2,15,18). The second-order valence-electron chi connectivity index (χ2n) is 4.62. The Hall–Kier alpha value is -2.51. The lowest BCUT2D eigenvalue weighted by Crippen LogP contribution is -2.29.